The number of hydrogen-bond acceptors (Lipinski definition) is 9. The van der Waals surface area contributed by atoms with E-state index in [1.165, 1.54) is 13.2 Å². The molecule has 294 valence electrons. The van der Waals surface area contributed by atoms with Crippen molar-refractivity contribution in [2.24, 2.45) is 5.92 Å². The van der Waals surface area contributed by atoms with E-state index in [0.717, 1.165) is 87.0 Å². The van der Waals surface area contributed by atoms with Gasteiger partial charge in [0.05, 0.1) is 36.2 Å². The molecule has 17 heteroatoms. The van der Waals surface area contributed by atoms with Crippen LogP contribution in [0.15, 0.2) is 61.1 Å². The number of carbonyl (C=O) groups is 3. The van der Waals surface area contributed by atoms with Crippen molar-refractivity contribution in [2.75, 3.05) is 55.5 Å². The van der Waals surface area contributed by atoms with E-state index in [1.807, 2.05) is 27.5 Å². The number of anilines is 3. The molecule has 5 aromatic rings. The minimum Gasteiger partial charge on any atom is -0.494 e. The van der Waals surface area contributed by atoms with Gasteiger partial charge < -0.3 is 19.9 Å². The maximum absolute atomic E-state index is 13.2. The zero-order valence-electron chi connectivity index (χ0n) is 31.1. The molecule has 1 aromatic carbocycles. The smallest absolute Gasteiger partial charge is 0.433 e. The molecule has 8 rings (SSSR count). The molecule has 4 aromatic heterocycles. The zero-order chi connectivity index (χ0) is 39.1. The number of hydrogen-bond donors (Lipinski definition) is 2. The summed E-state index contributed by atoms with van der Waals surface area (Å²) in [6.07, 6.45) is 7.31. The molecule has 0 unspecified atom stereocenters. The fourth-order valence-electron chi connectivity index (χ4n) is 8.34. The lowest BCUT2D eigenvalue weighted by Crippen LogP contribution is -2.50. The highest BCUT2D eigenvalue weighted by atomic mass is 19.4. The van der Waals surface area contributed by atoms with Gasteiger partial charge in [-0.25, -0.2) is 14.8 Å². The number of aromatic nitrogens is 5. The van der Waals surface area contributed by atoms with Gasteiger partial charge in [-0.2, -0.15) is 18.3 Å². The number of benzene rings is 1. The van der Waals surface area contributed by atoms with Crippen LogP contribution in [-0.2, 0) is 11.0 Å². The summed E-state index contributed by atoms with van der Waals surface area (Å²) in [5, 5.41) is 10.7. The third-order valence-corrected chi connectivity index (χ3v) is 11.4. The van der Waals surface area contributed by atoms with Crippen molar-refractivity contribution in [3.63, 3.8) is 0 Å². The molecule has 0 atom stereocenters. The Labute approximate surface area is 320 Å². The Morgan fingerprint density at radius 1 is 1.04 bits per heavy atom. The standard InChI is InChI=1S/C39H43F3N10O4/c1-48(26-12-16-49(17-13-26)31-6-4-15-50-35(21-43-36(31)50)51-18-14-34(53)46-38(51)55)22-24-8-10-27(11-9-24)52-23-25-19-30(32(56-2)20-29(25)47-52)45-37(54)28-5-3-7-33(44-28)39(40,41)42/h3-7,15,19-21,23-24,26-27H,8-14,16-18,22H2,1-2H3,(H,45,54)(H,46,53,55). The molecule has 1 aliphatic carbocycles. The van der Waals surface area contributed by atoms with Crippen LogP contribution in [0.5, 0.6) is 5.75 Å². The predicted molar refractivity (Wildman–Crippen MR) is 203 cm³/mol. The summed E-state index contributed by atoms with van der Waals surface area (Å²) >= 11 is 0. The minimum atomic E-state index is -4.66. The average molecular weight is 773 g/mol. The molecule has 3 fully saturated rings. The number of imide groups is 1. The molecule has 4 amide bonds. The number of carbonyl (C=O) groups excluding carboxylic acids is 3. The lowest BCUT2D eigenvalue weighted by molar-refractivity contribution is -0.141. The summed E-state index contributed by atoms with van der Waals surface area (Å²) in [5.41, 5.74) is 1.35. The summed E-state index contributed by atoms with van der Waals surface area (Å²) in [4.78, 5) is 51.7. The minimum absolute atomic E-state index is 0.225. The molecule has 14 nitrogen and oxygen atoms in total. The van der Waals surface area contributed by atoms with Gasteiger partial charge in [0.15, 0.2) is 5.65 Å². The van der Waals surface area contributed by atoms with Crippen LogP contribution in [0.1, 0.15) is 67.2 Å². The molecule has 2 aliphatic heterocycles. The van der Waals surface area contributed by atoms with Gasteiger partial charge >= 0.3 is 12.2 Å². The van der Waals surface area contributed by atoms with Crippen molar-refractivity contribution in [3.05, 3.63) is 72.4 Å². The first-order chi connectivity index (χ1) is 26.9. The second kappa shape index (κ2) is 15.1. The van der Waals surface area contributed by atoms with Gasteiger partial charge in [0, 0.05) is 62.5 Å². The molecule has 2 saturated heterocycles. The van der Waals surface area contributed by atoms with Crippen molar-refractivity contribution in [1.82, 2.24) is 34.4 Å². The second-order valence-electron chi connectivity index (χ2n) is 14.9. The van der Waals surface area contributed by atoms with Crippen molar-refractivity contribution in [2.45, 2.75) is 63.2 Å². The second-order valence-corrected chi connectivity index (χ2v) is 14.9. The Morgan fingerprint density at radius 2 is 1.82 bits per heavy atom. The van der Waals surface area contributed by atoms with Gasteiger partial charge in [-0.15, -0.1) is 0 Å². The molecule has 2 N–H and O–H groups in total. The third-order valence-electron chi connectivity index (χ3n) is 11.4. The van der Waals surface area contributed by atoms with Crippen LogP contribution in [0.2, 0.25) is 0 Å². The Bertz CT molecular complexity index is 2270. The molecule has 3 aliphatic rings. The van der Waals surface area contributed by atoms with Crippen molar-refractivity contribution >= 4 is 51.6 Å². The van der Waals surface area contributed by atoms with Gasteiger partial charge in [-0.1, -0.05) is 6.07 Å². The Kier molecular flexibility index (Phi) is 10.0. The fourth-order valence-corrected chi connectivity index (χ4v) is 8.34. The molecule has 0 spiro atoms. The first kappa shape index (κ1) is 37.2. The van der Waals surface area contributed by atoms with Crippen LogP contribution in [0.4, 0.5) is 35.2 Å². The van der Waals surface area contributed by atoms with Crippen LogP contribution in [-0.4, -0.2) is 93.3 Å². The summed E-state index contributed by atoms with van der Waals surface area (Å²) in [6.45, 7) is 3.14. The van der Waals surface area contributed by atoms with E-state index in [2.05, 4.69) is 43.5 Å². The van der Waals surface area contributed by atoms with Gasteiger partial charge in [-0.3, -0.25) is 28.9 Å². The number of amides is 4. The van der Waals surface area contributed by atoms with Crippen LogP contribution in [0.25, 0.3) is 16.6 Å². The number of methoxy groups -OCH3 is 1. The summed E-state index contributed by atoms with van der Waals surface area (Å²) in [5.74, 6) is 0.518. The highest BCUT2D eigenvalue weighted by Crippen LogP contribution is 2.37. The van der Waals surface area contributed by atoms with Crippen molar-refractivity contribution < 1.29 is 32.3 Å². The lowest BCUT2D eigenvalue weighted by Gasteiger charge is -2.40. The van der Waals surface area contributed by atoms with E-state index in [-0.39, 0.29) is 24.1 Å². The fraction of sp³-hybridized carbons (Fsp3) is 0.436. The number of fused-ring (bicyclic) bond motifs is 2. The number of urea groups is 1. The number of piperidine rings is 1. The number of nitrogens with zero attached hydrogens (tertiary/aromatic N) is 8. The van der Waals surface area contributed by atoms with E-state index in [4.69, 9.17) is 9.84 Å². The molecule has 0 bridgehead atoms. The number of rotatable bonds is 9. The van der Waals surface area contributed by atoms with Crippen LogP contribution in [0.3, 0.4) is 0 Å². The maximum atomic E-state index is 13.2. The van der Waals surface area contributed by atoms with E-state index < -0.39 is 23.8 Å². The molecule has 56 heavy (non-hydrogen) atoms. The van der Waals surface area contributed by atoms with Crippen LogP contribution >= 0.6 is 0 Å². The van der Waals surface area contributed by atoms with Gasteiger partial charge in [0.2, 0.25) is 5.91 Å². The SMILES string of the molecule is COc1cc2nn(C3CCC(CN(C)C4CCN(c5cccn6c(N7CCC(=O)NC7=O)cnc56)CC4)CC3)cc2cc1NC(=O)c1cccc(C(F)(F)F)n1. The zero-order valence-corrected chi connectivity index (χ0v) is 31.1. The number of nitrogens with one attached hydrogen (secondary N) is 2. The average Bonchev–Trinajstić information content (AvgIpc) is 3.82. The predicted octanol–water partition coefficient (Wildman–Crippen LogP) is 6.14. The number of pyridine rings is 2. The highest BCUT2D eigenvalue weighted by Gasteiger charge is 2.34. The van der Waals surface area contributed by atoms with Crippen LogP contribution in [0, 0.1) is 5.92 Å². The number of imidazole rings is 1. The summed E-state index contributed by atoms with van der Waals surface area (Å²) in [7, 11) is 3.69. The lowest BCUT2D eigenvalue weighted by atomic mass is 9.85. The number of ether oxygens (including phenoxy) is 1. The molecule has 1 saturated carbocycles. The van der Waals surface area contributed by atoms with E-state index in [1.54, 1.807) is 23.2 Å². The van der Waals surface area contributed by atoms with Crippen molar-refractivity contribution in [1.29, 1.82) is 0 Å². The van der Waals surface area contributed by atoms with E-state index >= 15 is 0 Å². The maximum Gasteiger partial charge on any atom is 0.433 e. The van der Waals surface area contributed by atoms with E-state index in [9.17, 15) is 27.6 Å². The normalized spacial score (nSPS) is 19.9. The van der Waals surface area contributed by atoms with Gasteiger partial charge in [0.1, 0.15) is 23.0 Å². The largest absolute Gasteiger partial charge is 0.494 e. The van der Waals surface area contributed by atoms with Gasteiger partial charge in [-0.05, 0) is 81.8 Å². The molecular formula is C39H43F3N10O4. The summed E-state index contributed by atoms with van der Waals surface area (Å²) < 4.78 is 48.9. The Hall–Kier alpha value is -5.71. The van der Waals surface area contributed by atoms with E-state index in [0.29, 0.717) is 41.3 Å². The highest BCUT2D eigenvalue weighted by molar-refractivity contribution is 6.06. The topological polar surface area (TPSA) is 142 Å². The van der Waals surface area contributed by atoms with Crippen molar-refractivity contribution in [3.8, 4) is 5.75 Å². The molecule has 6 heterocycles. The first-order valence-electron chi connectivity index (χ1n) is 18.9. The number of halogens is 3. The summed E-state index contributed by atoms with van der Waals surface area (Å²) in [6, 6.07) is 11.0. The molecule has 0 radical (unpaired) electrons. The Balaban J connectivity index is 0.848. The monoisotopic (exact) mass is 772 g/mol. The van der Waals surface area contributed by atoms with Gasteiger partial charge in [0.25, 0.3) is 5.91 Å². The molecular weight excluding hydrogens is 729 g/mol. The quantitative estimate of drug-likeness (QED) is 0.181. The van der Waals surface area contributed by atoms with Crippen LogP contribution < -0.4 is 25.2 Å². The Morgan fingerprint density at radius 3 is 2.55 bits per heavy atom. The third kappa shape index (κ3) is 7.46. The number of alkyl halides is 3. The first-order valence-corrected chi connectivity index (χ1v) is 18.9.